The van der Waals surface area contributed by atoms with Gasteiger partial charge in [0.2, 0.25) is 17.6 Å². The molecule has 0 saturated carbocycles. The summed E-state index contributed by atoms with van der Waals surface area (Å²) in [6.45, 7) is 6.61. The lowest BCUT2D eigenvalue weighted by atomic mass is 10.2. The Labute approximate surface area is 192 Å². The van der Waals surface area contributed by atoms with Crippen LogP contribution in [-0.4, -0.2) is 65.2 Å². The third-order valence-corrected chi connectivity index (χ3v) is 5.56. The van der Waals surface area contributed by atoms with E-state index in [0.29, 0.717) is 42.1 Å². The molecule has 32 heavy (non-hydrogen) atoms. The topological polar surface area (TPSA) is 83.7 Å². The van der Waals surface area contributed by atoms with Gasteiger partial charge in [-0.15, -0.1) is 0 Å². The highest BCUT2D eigenvalue weighted by atomic mass is 35.5. The molecule has 4 rings (SSSR count). The number of carbonyl (C=O) groups is 1. The second kappa shape index (κ2) is 10.6. The number of nitrogens with zero attached hydrogens (tertiary/aromatic N) is 4. The van der Waals surface area contributed by atoms with E-state index in [-0.39, 0.29) is 5.91 Å². The fraction of sp³-hybridized carbons (Fsp3) is 0.348. The maximum atomic E-state index is 12.3. The van der Waals surface area contributed by atoms with E-state index in [0.717, 1.165) is 37.5 Å². The average Bonchev–Trinajstić information content (AvgIpc) is 3.26. The molecule has 0 aliphatic carbocycles. The van der Waals surface area contributed by atoms with Crippen molar-refractivity contribution in [3.8, 4) is 17.1 Å². The van der Waals surface area contributed by atoms with Crippen LogP contribution >= 0.6 is 11.6 Å². The van der Waals surface area contributed by atoms with E-state index in [4.69, 9.17) is 20.9 Å². The Morgan fingerprint density at radius 1 is 1.09 bits per heavy atom. The first-order valence-electron chi connectivity index (χ1n) is 10.7. The van der Waals surface area contributed by atoms with E-state index in [2.05, 4.69) is 25.3 Å². The molecule has 8 nitrogen and oxygen atoms in total. The second-order valence-corrected chi connectivity index (χ2v) is 7.93. The number of hydrogen-bond donors (Lipinski definition) is 1. The fourth-order valence-corrected chi connectivity index (χ4v) is 3.80. The molecule has 1 aliphatic rings. The number of anilines is 1. The number of hydrogen-bond acceptors (Lipinski definition) is 7. The van der Waals surface area contributed by atoms with Crippen LogP contribution < -0.4 is 10.1 Å². The minimum atomic E-state index is -0.0685. The number of piperazine rings is 1. The molecule has 0 atom stereocenters. The molecule has 0 unspecified atom stereocenters. The van der Waals surface area contributed by atoms with Crippen LogP contribution in [0.1, 0.15) is 12.8 Å². The maximum absolute atomic E-state index is 12.3. The van der Waals surface area contributed by atoms with Crippen molar-refractivity contribution < 1.29 is 14.1 Å². The maximum Gasteiger partial charge on any atom is 0.241 e. The lowest BCUT2D eigenvalue weighted by Crippen LogP contribution is -2.48. The molecule has 1 fully saturated rings. The molecule has 1 saturated heterocycles. The van der Waals surface area contributed by atoms with Gasteiger partial charge in [0.15, 0.2) is 0 Å². The van der Waals surface area contributed by atoms with Crippen LogP contribution in [0.5, 0.6) is 5.75 Å². The molecule has 168 valence electrons. The van der Waals surface area contributed by atoms with Crippen molar-refractivity contribution in [1.29, 1.82) is 0 Å². The Kier molecular flexibility index (Phi) is 7.36. The first-order chi connectivity index (χ1) is 15.6. The zero-order chi connectivity index (χ0) is 22.3. The molecular weight excluding hydrogens is 430 g/mol. The van der Waals surface area contributed by atoms with E-state index < -0.39 is 0 Å². The number of rotatable bonds is 8. The highest BCUT2D eigenvalue weighted by molar-refractivity contribution is 6.33. The number of carbonyl (C=O) groups excluding carboxylic acids is 1. The predicted octanol–water partition coefficient (Wildman–Crippen LogP) is 3.55. The Balaban J connectivity index is 1.27. The number of amides is 1. The normalized spacial score (nSPS) is 14.9. The Bertz CT molecular complexity index is 1050. The summed E-state index contributed by atoms with van der Waals surface area (Å²) in [5, 5.41) is 7.54. The van der Waals surface area contributed by atoms with E-state index in [9.17, 15) is 4.79 Å². The standard InChI is InChI=1S/C23H26ClN5O3/c1-2-31-20-10-6-3-7-17(20)23-26-22(32-27-23)16-29-13-11-28(12-14-29)15-21(30)25-19-9-5-4-8-18(19)24/h3-10H,2,11-16H2,1H3,(H,25,30). The van der Waals surface area contributed by atoms with Crippen LogP contribution in [-0.2, 0) is 11.3 Å². The SMILES string of the molecule is CCOc1ccccc1-c1noc(CN2CCN(CC(=O)Nc3ccccc3Cl)CC2)n1. The van der Waals surface area contributed by atoms with Gasteiger partial charge in [0.1, 0.15) is 5.75 Å². The average molecular weight is 456 g/mol. The van der Waals surface area contributed by atoms with E-state index in [1.165, 1.54) is 0 Å². The van der Waals surface area contributed by atoms with Crippen LogP contribution in [0.15, 0.2) is 53.1 Å². The predicted molar refractivity (Wildman–Crippen MR) is 123 cm³/mol. The highest BCUT2D eigenvalue weighted by Crippen LogP contribution is 2.27. The molecule has 2 aromatic carbocycles. The molecule has 9 heteroatoms. The highest BCUT2D eigenvalue weighted by Gasteiger charge is 2.22. The van der Waals surface area contributed by atoms with Gasteiger partial charge in [0.05, 0.1) is 36.0 Å². The van der Waals surface area contributed by atoms with Gasteiger partial charge >= 0.3 is 0 Å². The second-order valence-electron chi connectivity index (χ2n) is 7.52. The number of ether oxygens (including phenoxy) is 1. The summed E-state index contributed by atoms with van der Waals surface area (Å²) in [4.78, 5) is 21.3. The molecule has 0 bridgehead atoms. The lowest BCUT2D eigenvalue weighted by molar-refractivity contribution is -0.117. The molecule has 1 aliphatic heterocycles. The van der Waals surface area contributed by atoms with Gasteiger partial charge in [0, 0.05) is 26.2 Å². The molecule has 0 radical (unpaired) electrons. The van der Waals surface area contributed by atoms with Gasteiger partial charge in [-0.3, -0.25) is 14.6 Å². The minimum absolute atomic E-state index is 0.0685. The first kappa shape index (κ1) is 22.3. The quantitative estimate of drug-likeness (QED) is 0.556. The molecule has 0 spiro atoms. The Hall–Kier alpha value is -2.94. The van der Waals surface area contributed by atoms with Crippen molar-refractivity contribution >= 4 is 23.2 Å². The van der Waals surface area contributed by atoms with E-state index >= 15 is 0 Å². The summed E-state index contributed by atoms with van der Waals surface area (Å²) in [7, 11) is 0. The van der Waals surface area contributed by atoms with Crippen molar-refractivity contribution in [2.75, 3.05) is 44.6 Å². The van der Waals surface area contributed by atoms with Crippen molar-refractivity contribution in [2.24, 2.45) is 0 Å². The van der Waals surface area contributed by atoms with Crippen LogP contribution in [0.4, 0.5) is 5.69 Å². The molecule has 1 aromatic heterocycles. The van der Waals surface area contributed by atoms with Gasteiger partial charge < -0.3 is 14.6 Å². The van der Waals surface area contributed by atoms with Crippen molar-refractivity contribution in [2.45, 2.75) is 13.5 Å². The summed E-state index contributed by atoms with van der Waals surface area (Å²) in [5.41, 5.74) is 1.45. The van der Waals surface area contributed by atoms with E-state index in [1.54, 1.807) is 12.1 Å². The van der Waals surface area contributed by atoms with Crippen LogP contribution in [0.2, 0.25) is 5.02 Å². The zero-order valence-electron chi connectivity index (χ0n) is 18.0. The largest absolute Gasteiger partial charge is 0.493 e. The van der Waals surface area contributed by atoms with Crippen molar-refractivity contribution in [1.82, 2.24) is 19.9 Å². The third kappa shape index (κ3) is 5.64. The summed E-state index contributed by atoms with van der Waals surface area (Å²) >= 11 is 6.11. The summed E-state index contributed by atoms with van der Waals surface area (Å²) in [6.07, 6.45) is 0. The van der Waals surface area contributed by atoms with Crippen LogP contribution in [0.25, 0.3) is 11.4 Å². The van der Waals surface area contributed by atoms with Gasteiger partial charge in [-0.05, 0) is 31.2 Å². The fourth-order valence-electron chi connectivity index (χ4n) is 3.61. The summed E-state index contributed by atoms with van der Waals surface area (Å²) in [6, 6.07) is 14.9. The van der Waals surface area contributed by atoms with Crippen molar-refractivity contribution in [3.05, 3.63) is 59.4 Å². The third-order valence-electron chi connectivity index (χ3n) is 5.23. The van der Waals surface area contributed by atoms with Crippen LogP contribution in [0, 0.1) is 0 Å². The van der Waals surface area contributed by atoms with Gasteiger partial charge in [-0.25, -0.2) is 0 Å². The Morgan fingerprint density at radius 3 is 2.59 bits per heavy atom. The molecular formula is C23H26ClN5O3. The zero-order valence-corrected chi connectivity index (χ0v) is 18.7. The molecule has 1 amide bonds. The number of halogens is 1. The molecule has 3 aromatic rings. The number of para-hydroxylation sites is 2. The summed E-state index contributed by atoms with van der Waals surface area (Å²) < 4.78 is 11.1. The lowest BCUT2D eigenvalue weighted by Gasteiger charge is -2.33. The summed E-state index contributed by atoms with van der Waals surface area (Å²) in [5.74, 6) is 1.77. The first-order valence-corrected chi connectivity index (χ1v) is 11.0. The molecule has 1 N–H and O–H groups in total. The smallest absolute Gasteiger partial charge is 0.241 e. The van der Waals surface area contributed by atoms with E-state index in [1.807, 2.05) is 43.3 Å². The van der Waals surface area contributed by atoms with Gasteiger partial charge in [-0.2, -0.15) is 4.98 Å². The van der Waals surface area contributed by atoms with Gasteiger partial charge in [0.25, 0.3) is 0 Å². The number of nitrogens with one attached hydrogen (secondary N) is 1. The molecule has 2 heterocycles. The minimum Gasteiger partial charge on any atom is -0.493 e. The van der Waals surface area contributed by atoms with Crippen LogP contribution in [0.3, 0.4) is 0 Å². The monoisotopic (exact) mass is 455 g/mol. The Morgan fingerprint density at radius 2 is 1.81 bits per heavy atom. The van der Waals surface area contributed by atoms with Crippen molar-refractivity contribution in [3.63, 3.8) is 0 Å². The number of aromatic nitrogens is 2. The van der Waals surface area contributed by atoms with Gasteiger partial charge in [-0.1, -0.05) is 41.0 Å². The number of benzene rings is 2.